The third-order valence-electron chi connectivity index (χ3n) is 5.15. The van der Waals surface area contributed by atoms with Crippen molar-refractivity contribution < 1.29 is 19.1 Å². The van der Waals surface area contributed by atoms with Gasteiger partial charge in [-0.25, -0.2) is 9.59 Å². The molecule has 0 fully saturated rings. The molecule has 0 atom stereocenters. The van der Waals surface area contributed by atoms with E-state index in [-0.39, 0.29) is 13.2 Å². The maximum absolute atomic E-state index is 12.4. The lowest BCUT2D eigenvalue weighted by atomic mass is 10.0. The van der Waals surface area contributed by atoms with Gasteiger partial charge in [0.1, 0.15) is 13.2 Å². The quantitative estimate of drug-likeness (QED) is 0.286. The molecule has 0 aliphatic heterocycles. The minimum absolute atomic E-state index is 0.190. The van der Waals surface area contributed by atoms with E-state index in [9.17, 15) is 9.59 Å². The molecule has 4 rings (SSSR count). The molecule has 0 saturated carbocycles. The van der Waals surface area contributed by atoms with Crippen molar-refractivity contribution in [1.29, 1.82) is 0 Å². The highest BCUT2D eigenvalue weighted by atomic mass is 16.5. The zero-order valence-corrected chi connectivity index (χ0v) is 18.6. The smallest absolute Gasteiger partial charge is 0.338 e. The van der Waals surface area contributed by atoms with Crippen LogP contribution in [0.15, 0.2) is 109 Å². The molecule has 0 amide bonds. The predicted molar refractivity (Wildman–Crippen MR) is 135 cm³/mol. The van der Waals surface area contributed by atoms with Gasteiger partial charge in [-0.05, 0) is 58.3 Å². The van der Waals surface area contributed by atoms with Gasteiger partial charge in [0.2, 0.25) is 0 Å². The second-order valence-corrected chi connectivity index (χ2v) is 7.60. The second kappa shape index (κ2) is 11.4. The Labute approximate surface area is 198 Å². The lowest BCUT2D eigenvalue weighted by Gasteiger charge is -2.06. The summed E-state index contributed by atoms with van der Waals surface area (Å²) in [7, 11) is 0. The van der Waals surface area contributed by atoms with Gasteiger partial charge in [-0.15, -0.1) is 0 Å². The van der Waals surface area contributed by atoms with E-state index in [1.807, 2.05) is 72.8 Å². The summed E-state index contributed by atoms with van der Waals surface area (Å²) in [5.74, 6) is -0.790. The average molecular weight is 449 g/mol. The van der Waals surface area contributed by atoms with Gasteiger partial charge in [-0.3, -0.25) is 0 Å². The van der Waals surface area contributed by atoms with Crippen LogP contribution in [0, 0.1) is 0 Å². The molecule has 4 heteroatoms. The average Bonchev–Trinajstić information content (AvgIpc) is 2.89. The van der Waals surface area contributed by atoms with E-state index in [2.05, 4.69) is 0 Å². The fraction of sp³-hybridized carbons (Fsp3) is 0.0667. The van der Waals surface area contributed by atoms with Crippen molar-refractivity contribution in [1.82, 2.24) is 0 Å². The Hall–Kier alpha value is -4.44. The van der Waals surface area contributed by atoms with E-state index >= 15 is 0 Å². The monoisotopic (exact) mass is 448 g/mol. The van der Waals surface area contributed by atoms with E-state index in [0.29, 0.717) is 11.1 Å². The summed E-state index contributed by atoms with van der Waals surface area (Å²) < 4.78 is 10.7. The van der Waals surface area contributed by atoms with Crippen LogP contribution in [-0.2, 0) is 9.47 Å². The highest BCUT2D eigenvalue weighted by Crippen LogP contribution is 2.19. The fourth-order valence-corrected chi connectivity index (χ4v) is 3.41. The molecule has 4 aromatic rings. The lowest BCUT2D eigenvalue weighted by Crippen LogP contribution is -2.06. The van der Waals surface area contributed by atoms with Crippen LogP contribution < -0.4 is 0 Å². The predicted octanol–water partition coefficient (Wildman–Crippen LogP) is 6.58. The van der Waals surface area contributed by atoms with E-state index < -0.39 is 11.9 Å². The van der Waals surface area contributed by atoms with Crippen LogP contribution in [0.2, 0.25) is 0 Å². The third-order valence-corrected chi connectivity index (χ3v) is 5.15. The molecular weight excluding hydrogens is 424 g/mol. The van der Waals surface area contributed by atoms with E-state index in [0.717, 1.165) is 21.9 Å². The van der Waals surface area contributed by atoms with E-state index in [1.54, 1.807) is 48.6 Å². The van der Waals surface area contributed by atoms with E-state index in [4.69, 9.17) is 9.47 Å². The molecule has 4 nitrogen and oxygen atoms in total. The van der Waals surface area contributed by atoms with Gasteiger partial charge >= 0.3 is 11.9 Å². The molecular formula is C30H24O4. The summed E-state index contributed by atoms with van der Waals surface area (Å²) in [6, 6.07) is 30.2. The molecule has 0 heterocycles. The Morgan fingerprint density at radius 2 is 0.971 bits per heavy atom. The van der Waals surface area contributed by atoms with Crippen molar-refractivity contribution >= 4 is 34.9 Å². The minimum atomic E-state index is -0.395. The van der Waals surface area contributed by atoms with Crippen molar-refractivity contribution in [2.45, 2.75) is 0 Å². The number of carbonyl (C=O) groups is 2. The number of rotatable bonds is 8. The molecule has 0 aliphatic carbocycles. The summed E-state index contributed by atoms with van der Waals surface area (Å²) >= 11 is 0. The Kier molecular flexibility index (Phi) is 7.65. The van der Waals surface area contributed by atoms with Crippen LogP contribution in [0.4, 0.5) is 0 Å². The molecule has 0 N–H and O–H groups in total. The van der Waals surface area contributed by atoms with Crippen molar-refractivity contribution in [3.8, 4) is 0 Å². The first-order valence-corrected chi connectivity index (χ1v) is 11.0. The zero-order valence-electron chi connectivity index (χ0n) is 18.6. The fourth-order valence-electron chi connectivity index (χ4n) is 3.41. The number of esters is 2. The lowest BCUT2D eigenvalue weighted by molar-refractivity contribution is 0.0540. The Balaban J connectivity index is 1.32. The van der Waals surface area contributed by atoms with Crippen LogP contribution in [0.1, 0.15) is 31.8 Å². The second-order valence-electron chi connectivity index (χ2n) is 7.60. The molecule has 0 aromatic heterocycles. The van der Waals surface area contributed by atoms with Gasteiger partial charge in [0.25, 0.3) is 0 Å². The van der Waals surface area contributed by atoms with Gasteiger partial charge in [0.15, 0.2) is 0 Å². The van der Waals surface area contributed by atoms with Crippen molar-refractivity contribution in [3.63, 3.8) is 0 Å². The van der Waals surface area contributed by atoms with Crippen molar-refractivity contribution in [2.75, 3.05) is 13.2 Å². The topological polar surface area (TPSA) is 52.6 Å². The van der Waals surface area contributed by atoms with Crippen LogP contribution >= 0.6 is 0 Å². The summed E-state index contributed by atoms with van der Waals surface area (Å²) in [5.41, 5.74) is 3.01. The first-order chi connectivity index (χ1) is 16.7. The maximum atomic E-state index is 12.4. The Morgan fingerprint density at radius 1 is 0.559 bits per heavy atom. The number of carbonyl (C=O) groups excluding carboxylic acids is 2. The highest BCUT2D eigenvalue weighted by molar-refractivity contribution is 5.99. The number of fused-ring (bicyclic) bond motifs is 1. The molecule has 0 bridgehead atoms. The highest BCUT2D eigenvalue weighted by Gasteiger charge is 2.10. The van der Waals surface area contributed by atoms with Crippen LogP contribution in [0.25, 0.3) is 22.9 Å². The SMILES string of the molecule is O=C(OC/C=C/c1ccccc1)c1ccc2cc(C(=O)OC/C=C/c3ccccc3)ccc2c1. The standard InChI is InChI=1S/C30H24O4/c31-29(33-19-7-13-23-9-3-1-4-10-23)27-17-15-26-22-28(18-16-25(26)21-27)30(32)34-20-8-14-24-11-5-2-6-12-24/h1-18,21-22H,19-20H2/b13-7+,14-8+. The summed E-state index contributed by atoms with van der Waals surface area (Å²) in [6.07, 6.45) is 7.43. The largest absolute Gasteiger partial charge is 0.458 e. The first-order valence-electron chi connectivity index (χ1n) is 11.0. The molecule has 168 valence electrons. The minimum Gasteiger partial charge on any atom is -0.458 e. The van der Waals surface area contributed by atoms with Gasteiger partial charge in [0.05, 0.1) is 11.1 Å². The van der Waals surface area contributed by atoms with Gasteiger partial charge < -0.3 is 9.47 Å². The van der Waals surface area contributed by atoms with Gasteiger partial charge in [-0.2, -0.15) is 0 Å². The Morgan fingerprint density at radius 3 is 1.38 bits per heavy atom. The van der Waals surface area contributed by atoms with Crippen molar-refractivity contribution in [2.24, 2.45) is 0 Å². The number of hydrogen-bond acceptors (Lipinski definition) is 4. The molecule has 0 radical (unpaired) electrons. The maximum Gasteiger partial charge on any atom is 0.338 e. The summed E-state index contributed by atoms with van der Waals surface area (Å²) in [5, 5.41) is 1.68. The summed E-state index contributed by atoms with van der Waals surface area (Å²) in [4.78, 5) is 24.8. The Bertz CT molecular complexity index is 1220. The molecule has 34 heavy (non-hydrogen) atoms. The zero-order chi connectivity index (χ0) is 23.6. The van der Waals surface area contributed by atoms with E-state index in [1.165, 1.54) is 0 Å². The number of ether oxygens (including phenoxy) is 2. The molecule has 0 saturated heterocycles. The van der Waals surface area contributed by atoms with Crippen LogP contribution in [0.5, 0.6) is 0 Å². The van der Waals surface area contributed by atoms with Gasteiger partial charge in [-0.1, -0.05) is 84.9 Å². The third kappa shape index (κ3) is 6.30. The normalized spacial score (nSPS) is 11.2. The summed E-state index contributed by atoms with van der Waals surface area (Å²) in [6.45, 7) is 0.379. The molecule has 0 unspecified atom stereocenters. The molecule has 0 aliphatic rings. The van der Waals surface area contributed by atoms with Crippen LogP contribution in [-0.4, -0.2) is 25.2 Å². The molecule has 4 aromatic carbocycles. The number of hydrogen-bond donors (Lipinski definition) is 0. The number of benzene rings is 4. The van der Waals surface area contributed by atoms with Crippen LogP contribution in [0.3, 0.4) is 0 Å². The van der Waals surface area contributed by atoms with Gasteiger partial charge in [0, 0.05) is 0 Å². The van der Waals surface area contributed by atoms with Crippen molar-refractivity contribution in [3.05, 3.63) is 131 Å². The molecule has 0 spiro atoms. The first kappa shape index (κ1) is 22.7.